The van der Waals surface area contributed by atoms with E-state index in [1.54, 1.807) is 28.4 Å². The topological polar surface area (TPSA) is 121 Å². The maximum absolute atomic E-state index is 13.8. The molecule has 2 rings (SSSR count). The molecule has 4 amide bonds. The highest BCUT2D eigenvalue weighted by atomic mass is 19.1. The molecule has 9 nitrogen and oxygen atoms in total. The zero-order valence-electron chi connectivity index (χ0n) is 20.9. The summed E-state index contributed by atoms with van der Waals surface area (Å²) < 4.78 is 13.8. The van der Waals surface area contributed by atoms with Crippen LogP contribution in [0, 0.1) is 11.7 Å². The minimum atomic E-state index is -0.626. The number of halogens is 1. The third-order valence-electron chi connectivity index (χ3n) is 5.89. The summed E-state index contributed by atoms with van der Waals surface area (Å²) in [5.41, 5.74) is 5.95. The van der Waals surface area contributed by atoms with Gasteiger partial charge in [-0.15, -0.1) is 0 Å². The predicted octanol–water partition coefficient (Wildman–Crippen LogP) is -0.257. The number of quaternary nitrogens is 1. The Kier molecular flexibility index (Phi) is 11.6. The van der Waals surface area contributed by atoms with Gasteiger partial charge in [0.1, 0.15) is 5.82 Å². The van der Waals surface area contributed by atoms with E-state index in [4.69, 9.17) is 5.73 Å². The van der Waals surface area contributed by atoms with Gasteiger partial charge in [-0.05, 0) is 30.4 Å². The lowest BCUT2D eigenvalue weighted by molar-refractivity contribution is -0.644. The van der Waals surface area contributed by atoms with Crippen LogP contribution in [0.25, 0.3) is 0 Å². The van der Waals surface area contributed by atoms with E-state index in [2.05, 4.69) is 0 Å². The van der Waals surface area contributed by atoms with Gasteiger partial charge in [-0.2, -0.15) is 0 Å². The summed E-state index contributed by atoms with van der Waals surface area (Å²) in [5.74, 6) is -1.17. The van der Waals surface area contributed by atoms with Crippen LogP contribution in [0.1, 0.15) is 38.7 Å². The number of carbonyl (C=O) groups is 4. The number of benzene rings is 1. The summed E-state index contributed by atoms with van der Waals surface area (Å²) in [6.07, 6.45) is 2.42. The first kappa shape index (κ1) is 28.2. The molecule has 0 saturated carbocycles. The molecular weight excluding hydrogens is 453 g/mol. The van der Waals surface area contributed by atoms with Crippen molar-refractivity contribution in [3.05, 3.63) is 35.6 Å². The highest BCUT2D eigenvalue weighted by Crippen LogP contribution is 2.10. The number of nitrogens with zero attached hydrogens (tertiary/aromatic N) is 3. The second-order valence-electron chi connectivity index (χ2n) is 9.41. The number of hydrogen-bond acceptors (Lipinski definition) is 4. The van der Waals surface area contributed by atoms with Crippen LogP contribution in [0.3, 0.4) is 0 Å². The van der Waals surface area contributed by atoms with Gasteiger partial charge < -0.3 is 25.8 Å². The third-order valence-corrected chi connectivity index (χ3v) is 5.89. The average molecular weight is 493 g/mol. The summed E-state index contributed by atoms with van der Waals surface area (Å²) in [6, 6.07) is 6.56. The van der Waals surface area contributed by atoms with E-state index in [1.165, 1.54) is 15.9 Å². The smallest absolute Gasteiger partial charge is 0.278 e. The molecule has 0 bridgehead atoms. The molecule has 1 fully saturated rings. The highest BCUT2D eigenvalue weighted by molar-refractivity contribution is 5.88. The SMILES string of the molecule is CC(C)CN(CC(=O)N(CCCN1CCCC1=O)CC(N)=O)C(=O)C[NH2+]CCc1ccccc1F. The summed E-state index contributed by atoms with van der Waals surface area (Å²) >= 11 is 0. The molecular formula is C25H39FN5O4+. The van der Waals surface area contributed by atoms with E-state index in [0.29, 0.717) is 51.0 Å². The molecule has 0 aromatic heterocycles. The van der Waals surface area contributed by atoms with Crippen molar-refractivity contribution in [3.63, 3.8) is 0 Å². The molecule has 0 atom stereocenters. The van der Waals surface area contributed by atoms with Gasteiger partial charge in [0, 0.05) is 39.0 Å². The molecule has 1 heterocycles. The molecule has 0 spiro atoms. The van der Waals surface area contributed by atoms with Gasteiger partial charge in [-0.1, -0.05) is 32.0 Å². The number of hydrogen-bond donors (Lipinski definition) is 2. The van der Waals surface area contributed by atoms with E-state index in [0.717, 1.165) is 6.42 Å². The molecule has 0 unspecified atom stereocenters. The van der Waals surface area contributed by atoms with Crippen LogP contribution < -0.4 is 11.1 Å². The van der Waals surface area contributed by atoms with Crippen molar-refractivity contribution >= 4 is 23.6 Å². The van der Waals surface area contributed by atoms with Gasteiger partial charge in [-0.3, -0.25) is 19.2 Å². The highest BCUT2D eigenvalue weighted by Gasteiger charge is 2.25. The number of carbonyl (C=O) groups excluding carboxylic acids is 4. The largest absolute Gasteiger partial charge is 0.368 e. The van der Waals surface area contributed by atoms with E-state index in [-0.39, 0.29) is 55.6 Å². The first-order chi connectivity index (χ1) is 16.7. The second-order valence-corrected chi connectivity index (χ2v) is 9.41. The lowest BCUT2D eigenvalue weighted by Crippen LogP contribution is -2.87. The van der Waals surface area contributed by atoms with Crippen molar-refractivity contribution in [2.24, 2.45) is 11.7 Å². The maximum atomic E-state index is 13.8. The number of rotatable bonds is 15. The molecule has 1 aromatic rings. The molecule has 0 radical (unpaired) electrons. The zero-order chi connectivity index (χ0) is 25.8. The fourth-order valence-corrected chi connectivity index (χ4v) is 4.14. The van der Waals surface area contributed by atoms with Crippen LogP contribution in [0.2, 0.25) is 0 Å². The van der Waals surface area contributed by atoms with Crippen LogP contribution >= 0.6 is 0 Å². The van der Waals surface area contributed by atoms with Crippen LogP contribution in [0.15, 0.2) is 24.3 Å². The second kappa shape index (κ2) is 14.4. The number of likely N-dealkylation sites (tertiary alicyclic amines) is 1. The standard InChI is InChI=1S/C25H38FN5O4/c1-19(2)16-31(24(34)15-28-11-10-20-7-3-4-8-21(20)26)18-25(35)30(17-22(27)32)14-6-13-29-12-5-9-23(29)33/h3-4,7-8,19,28H,5-6,9-18H2,1-2H3,(H2,27,32)/p+1. The fourth-order valence-electron chi connectivity index (χ4n) is 4.14. The first-order valence-corrected chi connectivity index (χ1v) is 12.3. The minimum absolute atomic E-state index is 0.109. The Balaban J connectivity index is 1.88. The molecule has 1 aromatic carbocycles. The molecule has 4 N–H and O–H groups in total. The molecule has 1 aliphatic heterocycles. The van der Waals surface area contributed by atoms with E-state index >= 15 is 0 Å². The van der Waals surface area contributed by atoms with Gasteiger partial charge in [-0.25, -0.2) is 4.39 Å². The molecule has 0 aliphatic carbocycles. The molecule has 10 heteroatoms. The predicted molar refractivity (Wildman–Crippen MR) is 129 cm³/mol. The summed E-state index contributed by atoms with van der Waals surface area (Å²) in [5, 5.41) is 1.81. The Morgan fingerprint density at radius 1 is 1.14 bits per heavy atom. The van der Waals surface area contributed by atoms with Gasteiger partial charge in [0.2, 0.25) is 17.7 Å². The Bertz CT molecular complexity index is 879. The van der Waals surface area contributed by atoms with Gasteiger partial charge in [0.25, 0.3) is 5.91 Å². The minimum Gasteiger partial charge on any atom is -0.368 e. The van der Waals surface area contributed by atoms with Gasteiger partial charge in [0.15, 0.2) is 6.54 Å². The van der Waals surface area contributed by atoms with Crippen molar-refractivity contribution in [2.45, 2.75) is 39.5 Å². The van der Waals surface area contributed by atoms with Gasteiger partial charge >= 0.3 is 0 Å². The lowest BCUT2D eigenvalue weighted by Gasteiger charge is -2.28. The molecule has 1 saturated heterocycles. The number of amides is 4. The fraction of sp³-hybridized carbons (Fsp3) is 0.600. The Morgan fingerprint density at radius 2 is 1.89 bits per heavy atom. The van der Waals surface area contributed by atoms with Crippen molar-refractivity contribution in [2.75, 3.05) is 52.4 Å². The lowest BCUT2D eigenvalue weighted by atomic mass is 10.1. The van der Waals surface area contributed by atoms with Crippen LogP contribution in [0.4, 0.5) is 4.39 Å². The van der Waals surface area contributed by atoms with Crippen molar-refractivity contribution in [1.82, 2.24) is 14.7 Å². The van der Waals surface area contributed by atoms with Crippen LogP contribution in [-0.2, 0) is 25.6 Å². The molecule has 35 heavy (non-hydrogen) atoms. The molecule has 194 valence electrons. The van der Waals surface area contributed by atoms with Gasteiger partial charge in [0.05, 0.1) is 19.6 Å². The Morgan fingerprint density at radius 3 is 2.51 bits per heavy atom. The quantitative estimate of drug-likeness (QED) is 0.328. The Labute approximate surface area is 206 Å². The van der Waals surface area contributed by atoms with Crippen molar-refractivity contribution in [1.29, 1.82) is 0 Å². The maximum Gasteiger partial charge on any atom is 0.278 e. The van der Waals surface area contributed by atoms with E-state index < -0.39 is 5.91 Å². The first-order valence-electron chi connectivity index (χ1n) is 12.3. The third kappa shape index (κ3) is 10.0. The normalized spacial score (nSPS) is 13.4. The van der Waals surface area contributed by atoms with Crippen molar-refractivity contribution < 1.29 is 28.9 Å². The summed E-state index contributed by atoms with van der Waals surface area (Å²) in [4.78, 5) is 53.9. The summed E-state index contributed by atoms with van der Waals surface area (Å²) in [6.45, 7) is 6.14. The molecule has 1 aliphatic rings. The van der Waals surface area contributed by atoms with Crippen LogP contribution in [-0.4, -0.2) is 90.7 Å². The van der Waals surface area contributed by atoms with E-state index in [1.807, 2.05) is 13.8 Å². The zero-order valence-corrected chi connectivity index (χ0v) is 20.9. The van der Waals surface area contributed by atoms with Crippen molar-refractivity contribution in [3.8, 4) is 0 Å². The van der Waals surface area contributed by atoms with E-state index in [9.17, 15) is 23.6 Å². The summed E-state index contributed by atoms with van der Waals surface area (Å²) in [7, 11) is 0. The monoisotopic (exact) mass is 492 g/mol. The van der Waals surface area contributed by atoms with Crippen LogP contribution in [0.5, 0.6) is 0 Å². The number of primary amides is 1. The average Bonchev–Trinajstić information content (AvgIpc) is 3.20. The Hall–Kier alpha value is -3.01. The number of nitrogens with two attached hydrogens (primary N) is 2.